The van der Waals surface area contributed by atoms with Crippen LogP contribution < -0.4 is 10.1 Å². The number of rotatable bonds is 9. The van der Waals surface area contributed by atoms with Crippen molar-refractivity contribution in [2.45, 2.75) is 20.1 Å². The first kappa shape index (κ1) is 24.2. The molecule has 1 amide bonds. The number of nitro groups is 1. The van der Waals surface area contributed by atoms with Gasteiger partial charge in [0.25, 0.3) is 11.6 Å². The molecular weight excluding hydrogens is 468 g/mol. The lowest BCUT2D eigenvalue weighted by Crippen LogP contribution is -2.11. The van der Waals surface area contributed by atoms with E-state index in [-0.39, 0.29) is 18.1 Å². The molecule has 0 radical (unpaired) electrons. The lowest BCUT2D eigenvalue weighted by molar-refractivity contribution is -0.385. The van der Waals surface area contributed by atoms with Gasteiger partial charge in [-0.05, 0) is 42.8 Å². The summed E-state index contributed by atoms with van der Waals surface area (Å²) in [7, 11) is 1.32. The Balaban J connectivity index is 1.35. The highest BCUT2D eigenvalue weighted by Crippen LogP contribution is 2.24. The van der Waals surface area contributed by atoms with Crippen LogP contribution in [-0.4, -0.2) is 33.7 Å². The number of aromatic nitrogens is 2. The Morgan fingerprint density at radius 3 is 2.72 bits per heavy atom. The van der Waals surface area contributed by atoms with Crippen LogP contribution in [0.4, 0.5) is 11.4 Å². The quantitative estimate of drug-likeness (QED) is 0.207. The van der Waals surface area contributed by atoms with Crippen molar-refractivity contribution in [1.82, 2.24) is 9.78 Å². The molecule has 0 saturated heterocycles. The third kappa shape index (κ3) is 5.58. The van der Waals surface area contributed by atoms with E-state index in [2.05, 4.69) is 10.4 Å². The highest BCUT2D eigenvalue weighted by molar-refractivity contribution is 6.02. The number of benzene rings is 2. The molecule has 0 unspecified atom stereocenters. The molecule has 0 aliphatic heterocycles. The van der Waals surface area contributed by atoms with Gasteiger partial charge in [0.05, 0.1) is 36.0 Å². The summed E-state index contributed by atoms with van der Waals surface area (Å²) in [4.78, 5) is 35.0. The third-order valence-corrected chi connectivity index (χ3v) is 5.28. The number of nitrogens with zero attached hydrogens (tertiary/aromatic N) is 3. The van der Waals surface area contributed by atoms with Crippen LogP contribution in [0.15, 0.2) is 71.4 Å². The molecule has 0 aliphatic carbocycles. The minimum Gasteiger partial charge on any atom is -0.486 e. The van der Waals surface area contributed by atoms with Gasteiger partial charge in [-0.25, -0.2) is 4.79 Å². The largest absolute Gasteiger partial charge is 0.486 e. The van der Waals surface area contributed by atoms with Crippen LogP contribution in [0.25, 0.3) is 0 Å². The summed E-state index contributed by atoms with van der Waals surface area (Å²) < 4.78 is 17.6. The van der Waals surface area contributed by atoms with Crippen molar-refractivity contribution in [3.8, 4) is 5.75 Å². The fraction of sp³-hybridized carbons (Fsp3) is 0.160. The Kier molecular flexibility index (Phi) is 7.10. The van der Waals surface area contributed by atoms with Crippen LogP contribution in [0, 0.1) is 17.0 Å². The second kappa shape index (κ2) is 10.6. The van der Waals surface area contributed by atoms with E-state index >= 15 is 0 Å². The van der Waals surface area contributed by atoms with Gasteiger partial charge in [0.1, 0.15) is 18.1 Å². The zero-order valence-electron chi connectivity index (χ0n) is 19.5. The first-order valence-electron chi connectivity index (χ1n) is 10.8. The van der Waals surface area contributed by atoms with Crippen molar-refractivity contribution in [3.05, 3.63) is 105 Å². The van der Waals surface area contributed by atoms with Gasteiger partial charge in [0.2, 0.25) is 0 Å². The monoisotopic (exact) mass is 490 g/mol. The van der Waals surface area contributed by atoms with Crippen LogP contribution in [0.2, 0.25) is 0 Å². The number of furan rings is 1. The summed E-state index contributed by atoms with van der Waals surface area (Å²) in [6, 6.07) is 14.6. The minimum absolute atomic E-state index is 0.00954. The highest BCUT2D eigenvalue weighted by atomic mass is 16.6. The molecular formula is C25H22N4O7. The van der Waals surface area contributed by atoms with E-state index in [0.717, 1.165) is 5.56 Å². The molecule has 0 aliphatic rings. The zero-order chi connectivity index (χ0) is 25.7. The number of hydrogen-bond acceptors (Lipinski definition) is 8. The average molecular weight is 490 g/mol. The van der Waals surface area contributed by atoms with E-state index < -0.39 is 16.8 Å². The number of ether oxygens (including phenoxy) is 2. The standard InChI is InChI=1S/C25H22N4O7/c1-16-11-19(7-9-22(16)29(32)33)35-15-20-8-10-23(36-20)24(30)27-18-12-26-28(14-18)13-17-5-3-4-6-21(17)25(31)34-2/h3-12,14H,13,15H2,1-2H3,(H,27,30). The number of aryl methyl sites for hydroxylation is 1. The maximum absolute atomic E-state index is 12.6. The van der Waals surface area contributed by atoms with Crippen LogP contribution in [-0.2, 0) is 17.9 Å². The molecule has 2 heterocycles. The van der Waals surface area contributed by atoms with Gasteiger partial charge in [-0.3, -0.25) is 19.6 Å². The van der Waals surface area contributed by atoms with Gasteiger partial charge < -0.3 is 19.2 Å². The van der Waals surface area contributed by atoms with Gasteiger partial charge >= 0.3 is 5.97 Å². The molecule has 0 fully saturated rings. The van der Waals surface area contributed by atoms with E-state index in [4.69, 9.17) is 13.9 Å². The molecule has 11 nitrogen and oxygen atoms in total. The Hall–Kier alpha value is -4.93. The topological polar surface area (TPSA) is 139 Å². The lowest BCUT2D eigenvalue weighted by atomic mass is 10.1. The van der Waals surface area contributed by atoms with E-state index in [0.29, 0.717) is 34.9 Å². The smallest absolute Gasteiger partial charge is 0.338 e. The number of carbonyl (C=O) groups excluding carboxylic acids is 2. The number of hydrogen-bond donors (Lipinski definition) is 1. The number of nitro benzene ring substituents is 1. The molecule has 0 bridgehead atoms. The van der Waals surface area contributed by atoms with Crippen molar-refractivity contribution < 1.29 is 28.4 Å². The molecule has 2 aromatic carbocycles. The summed E-state index contributed by atoms with van der Waals surface area (Å²) in [6.45, 7) is 1.98. The molecule has 1 N–H and O–H groups in total. The number of anilines is 1. The van der Waals surface area contributed by atoms with Crippen molar-refractivity contribution in [1.29, 1.82) is 0 Å². The lowest BCUT2D eigenvalue weighted by Gasteiger charge is -2.07. The fourth-order valence-electron chi connectivity index (χ4n) is 3.50. The number of carbonyl (C=O) groups is 2. The second-order valence-electron chi connectivity index (χ2n) is 7.79. The van der Waals surface area contributed by atoms with Crippen LogP contribution in [0.5, 0.6) is 5.75 Å². The molecule has 36 heavy (non-hydrogen) atoms. The number of esters is 1. The van der Waals surface area contributed by atoms with Crippen molar-refractivity contribution in [2.24, 2.45) is 0 Å². The molecule has 2 aromatic heterocycles. The van der Waals surface area contributed by atoms with Crippen molar-refractivity contribution in [3.63, 3.8) is 0 Å². The van der Waals surface area contributed by atoms with Gasteiger partial charge in [-0.15, -0.1) is 0 Å². The molecule has 0 saturated carbocycles. The molecule has 0 atom stereocenters. The first-order chi connectivity index (χ1) is 17.3. The van der Waals surface area contributed by atoms with Gasteiger partial charge in [0, 0.05) is 17.8 Å². The summed E-state index contributed by atoms with van der Waals surface area (Å²) in [5.41, 5.74) is 2.10. The van der Waals surface area contributed by atoms with E-state index in [1.165, 1.54) is 31.5 Å². The number of amides is 1. The Morgan fingerprint density at radius 2 is 1.97 bits per heavy atom. The summed E-state index contributed by atoms with van der Waals surface area (Å²) in [5.74, 6) is 0.0276. The second-order valence-corrected chi connectivity index (χ2v) is 7.79. The molecule has 0 spiro atoms. The van der Waals surface area contributed by atoms with Crippen LogP contribution in [0.3, 0.4) is 0 Å². The van der Waals surface area contributed by atoms with E-state index in [9.17, 15) is 19.7 Å². The molecule has 11 heteroatoms. The predicted molar refractivity (Wildman–Crippen MR) is 128 cm³/mol. The third-order valence-electron chi connectivity index (χ3n) is 5.28. The minimum atomic E-state index is -0.470. The number of methoxy groups -OCH3 is 1. The Labute approximate surface area is 205 Å². The Morgan fingerprint density at radius 1 is 1.17 bits per heavy atom. The SMILES string of the molecule is COC(=O)c1ccccc1Cn1cc(NC(=O)c2ccc(COc3ccc([N+](=O)[O-])c(C)c3)o2)cn1. The van der Waals surface area contributed by atoms with Gasteiger partial charge in [0.15, 0.2) is 5.76 Å². The molecule has 184 valence electrons. The fourth-order valence-corrected chi connectivity index (χ4v) is 3.50. The maximum Gasteiger partial charge on any atom is 0.338 e. The maximum atomic E-state index is 12.6. The van der Waals surface area contributed by atoms with Crippen molar-refractivity contribution >= 4 is 23.3 Å². The van der Waals surface area contributed by atoms with Gasteiger partial charge in [-0.1, -0.05) is 18.2 Å². The van der Waals surface area contributed by atoms with Crippen molar-refractivity contribution in [2.75, 3.05) is 12.4 Å². The van der Waals surface area contributed by atoms with Gasteiger partial charge in [-0.2, -0.15) is 5.10 Å². The zero-order valence-corrected chi connectivity index (χ0v) is 19.5. The highest BCUT2D eigenvalue weighted by Gasteiger charge is 2.15. The van der Waals surface area contributed by atoms with E-state index in [1.807, 2.05) is 6.07 Å². The molecule has 4 rings (SSSR count). The van der Waals surface area contributed by atoms with E-state index in [1.54, 1.807) is 48.1 Å². The summed E-state index contributed by atoms with van der Waals surface area (Å²) in [5, 5.41) is 17.9. The molecule has 4 aromatic rings. The summed E-state index contributed by atoms with van der Waals surface area (Å²) >= 11 is 0. The predicted octanol–water partition coefficient (Wildman–Crippen LogP) is 4.36. The normalized spacial score (nSPS) is 10.6. The first-order valence-corrected chi connectivity index (χ1v) is 10.8. The Bertz CT molecular complexity index is 1420. The average Bonchev–Trinajstić information content (AvgIpc) is 3.52. The van der Waals surface area contributed by atoms with Crippen LogP contribution in [0.1, 0.15) is 37.8 Å². The van der Waals surface area contributed by atoms with Crippen LogP contribution >= 0.6 is 0 Å². The number of nitrogens with one attached hydrogen (secondary N) is 1. The summed E-state index contributed by atoms with van der Waals surface area (Å²) in [6.07, 6.45) is 3.12.